The van der Waals surface area contributed by atoms with Gasteiger partial charge < -0.3 is 10.1 Å². The monoisotopic (exact) mass is 235 g/mol. The first kappa shape index (κ1) is 14.0. The molecular formula is C15H25NO. The number of benzene rings is 1. The molecule has 0 radical (unpaired) electrons. The first-order chi connectivity index (χ1) is 8.38. The summed E-state index contributed by atoms with van der Waals surface area (Å²) in [5.41, 5.74) is 2.45. The molecule has 96 valence electrons. The molecule has 1 aromatic carbocycles. The van der Waals surface area contributed by atoms with E-state index in [2.05, 4.69) is 36.5 Å². The minimum atomic E-state index is 0.680. The number of hydrogen-bond donors (Lipinski definition) is 1. The fraction of sp³-hybridized carbons (Fsp3) is 0.600. The minimum Gasteiger partial charge on any atom is -0.385 e. The van der Waals surface area contributed by atoms with Crippen LogP contribution in [0.5, 0.6) is 0 Å². The average molecular weight is 235 g/mol. The third-order valence-electron chi connectivity index (χ3n) is 2.91. The second kappa shape index (κ2) is 9.06. The molecule has 1 N–H and O–H groups in total. The zero-order valence-corrected chi connectivity index (χ0v) is 11.2. The minimum absolute atomic E-state index is 0.680. The molecule has 0 bridgehead atoms. The summed E-state index contributed by atoms with van der Waals surface area (Å²) >= 11 is 0. The fourth-order valence-corrected chi connectivity index (χ4v) is 1.93. The van der Waals surface area contributed by atoms with Crippen molar-refractivity contribution in [3.8, 4) is 0 Å². The maximum Gasteiger partial charge on any atom is 0.0733 e. The number of para-hydroxylation sites is 1. The van der Waals surface area contributed by atoms with Crippen LogP contribution in [0.3, 0.4) is 0 Å². The van der Waals surface area contributed by atoms with Crippen molar-refractivity contribution >= 4 is 5.69 Å². The van der Waals surface area contributed by atoms with Crippen LogP contribution in [-0.4, -0.2) is 13.7 Å². The van der Waals surface area contributed by atoms with Gasteiger partial charge in [0.15, 0.2) is 0 Å². The molecule has 0 unspecified atom stereocenters. The third kappa shape index (κ3) is 5.73. The van der Waals surface area contributed by atoms with Crippen molar-refractivity contribution in [1.29, 1.82) is 0 Å². The average Bonchev–Trinajstić information content (AvgIpc) is 2.36. The van der Waals surface area contributed by atoms with Crippen molar-refractivity contribution in [3.05, 3.63) is 29.8 Å². The lowest BCUT2D eigenvalue weighted by atomic mass is 10.1. The Hall–Kier alpha value is -1.02. The quantitative estimate of drug-likeness (QED) is 0.647. The predicted molar refractivity (Wildman–Crippen MR) is 74.4 cm³/mol. The number of hydrogen-bond acceptors (Lipinski definition) is 2. The molecule has 17 heavy (non-hydrogen) atoms. The SMILES string of the molecule is CCCCCCCNc1ccccc1COC. The van der Waals surface area contributed by atoms with E-state index in [9.17, 15) is 0 Å². The summed E-state index contributed by atoms with van der Waals surface area (Å²) in [4.78, 5) is 0. The zero-order valence-electron chi connectivity index (χ0n) is 11.2. The normalized spacial score (nSPS) is 10.5. The number of ether oxygens (including phenoxy) is 1. The van der Waals surface area contributed by atoms with Gasteiger partial charge in [-0.2, -0.15) is 0 Å². The van der Waals surface area contributed by atoms with Gasteiger partial charge in [0, 0.05) is 24.9 Å². The molecule has 1 rings (SSSR count). The van der Waals surface area contributed by atoms with Gasteiger partial charge in [-0.1, -0.05) is 50.8 Å². The van der Waals surface area contributed by atoms with Crippen LogP contribution in [0.25, 0.3) is 0 Å². The number of methoxy groups -OCH3 is 1. The molecule has 0 heterocycles. The van der Waals surface area contributed by atoms with E-state index in [0.717, 1.165) is 6.54 Å². The molecule has 0 amide bonds. The summed E-state index contributed by atoms with van der Waals surface area (Å²) in [6.45, 7) is 3.99. The third-order valence-corrected chi connectivity index (χ3v) is 2.91. The zero-order chi connectivity index (χ0) is 12.3. The lowest BCUT2D eigenvalue weighted by Crippen LogP contribution is -2.04. The Bertz CT molecular complexity index is 299. The molecule has 0 aliphatic carbocycles. The molecule has 0 saturated heterocycles. The molecule has 0 spiro atoms. The van der Waals surface area contributed by atoms with Crippen LogP contribution in [0, 0.1) is 0 Å². The molecule has 0 saturated carbocycles. The summed E-state index contributed by atoms with van der Waals surface area (Å²) < 4.78 is 5.19. The molecule has 1 aromatic rings. The molecule has 0 atom stereocenters. The van der Waals surface area contributed by atoms with Crippen molar-refractivity contribution in [2.24, 2.45) is 0 Å². The molecular weight excluding hydrogens is 210 g/mol. The Labute approximate surface area is 105 Å². The van der Waals surface area contributed by atoms with E-state index in [1.807, 2.05) is 0 Å². The van der Waals surface area contributed by atoms with Gasteiger partial charge in [0.05, 0.1) is 6.61 Å². The van der Waals surface area contributed by atoms with Crippen LogP contribution in [0.2, 0.25) is 0 Å². The van der Waals surface area contributed by atoms with Crippen molar-refractivity contribution in [2.75, 3.05) is 19.0 Å². The molecule has 0 aliphatic rings. The maximum atomic E-state index is 5.19. The summed E-state index contributed by atoms with van der Waals surface area (Å²) in [5.74, 6) is 0. The highest BCUT2D eigenvalue weighted by atomic mass is 16.5. The lowest BCUT2D eigenvalue weighted by Gasteiger charge is -2.11. The van der Waals surface area contributed by atoms with Gasteiger partial charge >= 0.3 is 0 Å². The molecule has 0 aromatic heterocycles. The Kier molecular flexibility index (Phi) is 7.48. The van der Waals surface area contributed by atoms with Crippen molar-refractivity contribution in [1.82, 2.24) is 0 Å². The van der Waals surface area contributed by atoms with Gasteiger partial charge in [0.25, 0.3) is 0 Å². The van der Waals surface area contributed by atoms with E-state index >= 15 is 0 Å². The standard InChI is InChI=1S/C15H25NO/c1-3-4-5-6-9-12-16-15-11-8-7-10-14(15)13-17-2/h7-8,10-11,16H,3-6,9,12-13H2,1-2H3. The highest BCUT2D eigenvalue weighted by Crippen LogP contribution is 2.16. The largest absolute Gasteiger partial charge is 0.385 e. The van der Waals surface area contributed by atoms with Gasteiger partial charge in [-0.05, 0) is 12.5 Å². The van der Waals surface area contributed by atoms with Crippen molar-refractivity contribution < 1.29 is 4.74 Å². The fourth-order valence-electron chi connectivity index (χ4n) is 1.93. The smallest absolute Gasteiger partial charge is 0.0733 e. The van der Waals surface area contributed by atoms with Crippen LogP contribution < -0.4 is 5.32 Å². The first-order valence-electron chi connectivity index (χ1n) is 6.69. The number of rotatable bonds is 9. The molecule has 0 fully saturated rings. The van der Waals surface area contributed by atoms with E-state index in [-0.39, 0.29) is 0 Å². The first-order valence-corrected chi connectivity index (χ1v) is 6.69. The Morgan fingerprint density at radius 3 is 2.59 bits per heavy atom. The Balaban J connectivity index is 2.25. The number of anilines is 1. The summed E-state index contributed by atoms with van der Waals surface area (Å²) in [6, 6.07) is 8.36. The highest BCUT2D eigenvalue weighted by Gasteiger charge is 1.99. The number of nitrogens with one attached hydrogen (secondary N) is 1. The second-order valence-electron chi connectivity index (χ2n) is 4.43. The topological polar surface area (TPSA) is 21.3 Å². The van der Waals surface area contributed by atoms with Crippen LogP contribution in [0.15, 0.2) is 24.3 Å². The Morgan fingerprint density at radius 1 is 1.06 bits per heavy atom. The van der Waals surface area contributed by atoms with E-state index in [1.165, 1.54) is 43.4 Å². The van der Waals surface area contributed by atoms with E-state index in [4.69, 9.17) is 4.74 Å². The van der Waals surface area contributed by atoms with E-state index in [1.54, 1.807) is 7.11 Å². The van der Waals surface area contributed by atoms with Gasteiger partial charge in [0.1, 0.15) is 0 Å². The summed E-state index contributed by atoms with van der Waals surface area (Å²) in [6.07, 6.45) is 6.61. The summed E-state index contributed by atoms with van der Waals surface area (Å²) in [7, 11) is 1.74. The van der Waals surface area contributed by atoms with Gasteiger partial charge in [-0.3, -0.25) is 0 Å². The Morgan fingerprint density at radius 2 is 1.82 bits per heavy atom. The van der Waals surface area contributed by atoms with E-state index in [0.29, 0.717) is 6.61 Å². The molecule has 2 nitrogen and oxygen atoms in total. The van der Waals surface area contributed by atoms with E-state index < -0.39 is 0 Å². The summed E-state index contributed by atoms with van der Waals surface area (Å²) in [5, 5.41) is 3.49. The maximum absolute atomic E-state index is 5.19. The molecule has 0 aliphatic heterocycles. The molecule has 2 heteroatoms. The van der Waals surface area contributed by atoms with Crippen LogP contribution >= 0.6 is 0 Å². The van der Waals surface area contributed by atoms with Crippen LogP contribution in [0.1, 0.15) is 44.6 Å². The second-order valence-corrected chi connectivity index (χ2v) is 4.43. The van der Waals surface area contributed by atoms with Crippen LogP contribution in [0.4, 0.5) is 5.69 Å². The van der Waals surface area contributed by atoms with Crippen LogP contribution in [-0.2, 0) is 11.3 Å². The van der Waals surface area contributed by atoms with Crippen molar-refractivity contribution in [2.45, 2.75) is 45.6 Å². The highest BCUT2D eigenvalue weighted by molar-refractivity contribution is 5.50. The van der Waals surface area contributed by atoms with Crippen molar-refractivity contribution in [3.63, 3.8) is 0 Å². The van der Waals surface area contributed by atoms with Gasteiger partial charge in [-0.25, -0.2) is 0 Å². The predicted octanol–water partition coefficient (Wildman–Crippen LogP) is 4.22. The van der Waals surface area contributed by atoms with Gasteiger partial charge in [-0.15, -0.1) is 0 Å². The lowest BCUT2D eigenvalue weighted by molar-refractivity contribution is 0.185. The van der Waals surface area contributed by atoms with Gasteiger partial charge in [0.2, 0.25) is 0 Å². The number of unbranched alkanes of at least 4 members (excludes halogenated alkanes) is 4.